The quantitative estimate of drug-likeness (QED) is 0.319. The fourth-order valence-electron chi connectivity index (χ4n) is 4.83. The van der Waals surface area contributed by atoms with Crippen molar-refractivity contribution in [3.05, 3.63) is 83.3 Å². The summed E-state index contributed by atoms with van der Waals surface area (Å²) in [7, 11) is 1.32. The lowest BCUT2D eigenvalue weighted by molar-refractivity contribution is -0.148. The first-order chi connectivity index (χ1) is 18.4. The van der Waals surface area contributed by atoms with E-state index in [4.69, 9.17) is 19.0 Å². The van der Waals surface area contributed by atoms with Gasteiger partial charge in [0.1, 0.15) is 30.3 Å². The summed E-state index contributed by atoms with van der Waals surface area (Å²) in [5.74, 6) is 0.199. The van der Waals surface area contributed by atoms with Gasteiger partial charge in [-0.05, 0) is 37.0 Å². The maximum absolute atomic E-state index is 13.5. The minimum atomic E-state index is -1.44. The van der Waals surface area contributed by atoms with Crippen molar-refractivity contribution in [3.8, 4) is 11.1 Å². The van der Waals surface area contributed by atoms with E-state index >= 15 is 0 Å². The summed E-state index contributed by atoms with van der Waals surface area (Å²) in [6, 6.07) is 18.3. The van der Waals surface area contributed by atoms with E-state index in [1.54, 1.807) is 6.07 Å². The first-order valence-electron chi connectivity index (χ1n) is 13.0. The molecule has 1 aliphatic rings. The van der Waals surface area contributed by atoms with Crippen molar-refractivity contribution >= 4 is 12.0 Å². The molecule has 1 aromatic heterocycles. The zero-order chi connectivity index (χ0) is 27.1. The molecular weight excluding hydrogens is 486 g/mol. The van der Waals surface area contributed by atoms with Crippen molar-refractivity contribution < 1.29 is 33.7 Å². The van der Waals surface area contributed by atoms with Crippen LogP contribution in [0.15, 0.2) is 65.1 Å². The average Bonchev–Trinajstić information content (AvgIpc) is 3.53. The second-order valence-corrected chi connectivity index (χ2v) is 9.56. The molecule has 0 saturated carbocycles. The third-order valence-electron chi connectivity index (χ3n) is 6.84. The predicted octanol–water partition coefficient (Wildman–Crippen LogP) is 5.12. The lowest BCUT2D eigenvalue weighted by Gasteiger charge is -2.26. The number of cyclic esters (lactones) is 1. The van der Waals surface area contributed by atoms with Gasteiger partial charge in [0, 0.05) is 25.7 Å². The smallest absolute Gasteiger partial charge is 0.417 e. The predicted molar refractivity (Wildman–Crippen MR) is 141 cm³/mol. The Kier molecular flexibility index (Phi) is 9.33. The standard InChI is InChI=1S/C30H35NO7/c1-20-11-10-14-22(17-20)23-18-26(38-25(23)15-8-3-4-9-16-32)27(33)28(36-2)29(34)31-24(19-37-30(31)35)21-12-6-5-7-13-21/h5-7,10-14,17-18,24,27-28,32-33H,3-4,8-9,15-16,19H2,1-2H3/t24-,27+,28+/m1/s1. The number of hydrogen-bond donors (Lipinski definition) is 2. The Morgan fingerprint density at radius 1 is 1.08 bits per heavy atom. The molecule has 1 saturated heterocycles. The van der Waals surface area contributed by atoms with Crippen LogP contribution in [0, 0.1) is 6.92 Å². The number of carbonyl (C=O) groups is 2. The third-order valence-corrected chi connectivity index (χ3v) is 6.84. The number of aliphatic hydroxyl groups excluding tert-OH is 2. The summed E-state index contributed by atoms with van der Waals surface area (Å²) >= 11 is 0. The lowest BCUT2D eigenvalue weighted by Crippen LogP contribution is -2.44. The second kappa shape index (κ2) is 12.9. The molecule has 0 spiro atoms. The van der Waals surface area contributed by atoms with Crippen LogP contribution in [0.1, 0.15) is 60.5 Å². The Hall–Kier alpha value is -3.46. The normalized spacial score (nSPS) is 16.9. The van der Waals surface area contributed by atoms with E-state index in [1.165, 1.54) is 7.11 Å². The number of unbranched alkanes of at least 4 members (excludes halogenated alkanes) is 3. The number of carbonyl (C=O) groups excluding carboxylic acids is 2. The van der Waals surface area contributed by atoms with Crippen LogP contribution in [0.4, 0.5) is 4.79 Å². The average molecular weight is 522 g/mol. The van der Waals surface area contributed by atoms with E-state index in [2.05, 4.69) is 0 Å². The highest BCUT2D eigenvalue weighted by atomic mass is 16.6. The molecule has 1 fully saturated rings. The van der Waals surface area contributed by atoms with Gasteiger partial charge < -0.3 is 24.1 Å². The van der Waals surface area contributed by atoms with Gasteiger partial charge in [-0.3, -0.25) is 4.79 Å². The van der Waals surface area contributed by atoms with Crippen molar-refractivity contribution in [2.45, 2.75) is 57.3 Å². The monoisotopic (exact) mass is 521 g/mol. The van der Waals surface area contributed by atoms with Crippen LogP contribution in [-0.2, 0) is 20.7 Å². The lowest BCUT2D eigenvalue weighted by atomic mass is 10.00. The number of furan rings is 1. The molecule has 1 aliphatic heterocycles. The van der Waals surface area contributed by atoms with Gasteiger partial charge in [0.25, 0.3) is 5.91 Å². The Morgan fingerprint density at radius 2 is 1.84 bits per heavy atom. The first kappa shape index (κ1) is 27.6. The van der Waals surface area contributed by atoms with Crippen LogP contribution < -0.4 is 0 Å². The molecule has 38 heavy (non-hydrogen) atoms. The van der Waals surface area contributed by atoms with Crippen LogP contribution in [0.2, 0.25) is 0 Å². The molecule has 0 radical (unpaired) electrons. The largest absolute Gasteiger partial charge is 0.463 e. The van der Waals surface area contributed by atoms with Gasteiger partial charge in [-0.25, -0.2) is 9.69 Å². The van der Waals surface area contributed by atoms with Crippen LogP contribution in [-0.4, -0.2) is 53.5 Å². The summed E-state index contributed by atoms with van der Waals surface area (Å²) < 4.78 is 16.8. The molecule has 8 heteroatoms. The summed E-state index contributed by atoms with van der Waals surface area (Å²) in [5.41, 5.74) is 3.63. The number of benzene rings is 2. The van der Waals surface area contributed by atoms with Crippen molar-refractivity contribution in [2.75, 3.05) is 20.3 Å². The molecule has 4 rings (SSSR count). The number of rotatable bonds is 12. The molecule has 0 unspecified atom stereocenters. The van der Waals surface area contributed by atoms with Crippen LogP contribution in [0.3, 0.4) is 0 Å². The highest BCUT2D eigenvalue weighted by molar-refractivity contribution is 5.96. The van der Waals surface area contributed by atoms with Gasteiger partial charge in [-0.1, -0.05) is 73.0 Å². The fourth-order valence-corrected chi connectivity index (χ4v) is 4.83. The maximum atomic E-state index is 13.5. The summed E-state index contributed by atoms with van der Waals surface area (Å²) in [4.78, 5) is 27.1. The molecule has 2 aromatic carbocycles. The Bertz CT molecular complexity index is 1220. The van der Waals surface area contributed by atoms with E-state index in [9.17, 15) is 14.7 Å². The van der Waals surface area contributed by atoms with Crippen molar-refractivity contribution in [2.24, 2.45) is 0 Å². The van der Waals surface area contributed by atoms with Crippen LogP contribution in [0.25, 0.3) is 11.1 Å². The number of imide groups is 1. The molecule has 2 heterocycles. The van der Waals surface area contributed by atoms with Gasteiger partial charge in [0.15, 0.2) is 6.10 Å². The minimum Gasteiger partial charge on any atom is -0.463 e. The highest BCUT2D eigenvalue weighted by Crippen LogP contribution is 2.35. The third kappa shape index (κ3) is 6.15. The van der Waals surface area contributed by atoms with E-state index in [0.29, 0.717) is 12.2 Å². The first-order valence-corrected chi connectivity index (χ1v) is 13.0. The number of methoxy groups -OCH3 is 1. The second-order valence-electron chi connectivity index (χ2n) is 9.56. The van der Waals surface area contributed by atoms with Gasteiger partial charge in [0.05, 0.1) is 0 Å². The SMILES string of the molecule is CO[C@H](C(=O)N1C(=O)OC[C@@H]1c1ccccc1)[C@@H](O)c1cc(-c2cccc(C)c2)c(CCCCCCO)o1. The van der Waals surface area contributed by atoms with Gasteiger partial charge >= 0.3 is 6.09 Å². The van der Waals surface area contributed by atoms with Gasteiger partial charge in [0.2, 0.25) is 0 Å². The van der Waals surface area contributed by atoms with Crippen LogP contribution in [0.5, 0.6) is 0 Å². The number of ether oxygens (including phenoxy) is 2. The number of aryl methyl sites for hydroxylation is 2. The topological polar surface area (TPSA) is 109 Å². The Morgan fingerprint density at radius 3 is 2.55 bits per heavy atom. The van der Waals surface area contributed by atoms with E-state index in [0.717, 1.165) is 52.8 Å². The summed E-state index contributed by atoms with van der Waals surface area (Å²) in [6.07, 6.45) is 0.512. The van der Waals surface area contributed by atoms with Crippen molar-refractivity contribution in [3.63, 3.8) is 0 Å². The van der Waals surface area contributed by atoms with Gasteiger partial charge in [-0.15, -0.1) is 0 Å². The number of hydrogen-bond acceptors (Lipinski definition) is 7. The molecule has 3 atom stereocenters. The molecule has 2 N–H and O–H groups in total. The zero-order valence-corrected chi connectivity index (χ0v) is 21.8. The molecule has 3 aromatic rings. The molecule has 0 bridgehead atoms. The van der Waals surface area contributed by atoms with E-state index in [1.807, 2.05) is 61.5 Å². The van der Waals surface area contributed by atoms with Crippen molar-refractivity contribution in [1.29, 1.82) is 0 Å². The zero-order valence-electron chi connectivity index (χ0n) is 21.8. The van der Waals surface area contributed by atoms with E-state index < -0.39 is 30.3 Å². The minimum absolute atomic E-state index is 0.0276. The maximum Gasteiger partial charge on any atom is 0.417 e. The fraction of sp³-hybridized carbons (Fsp3) is 0.400. The molecule has 0 aliphatic carbocycles. The molecule has 2 amide bonds. The molecule has 8 nitrogen and oxygen atoms in total. The van der Waals surface area contributed by atoms with Crippen LogP contribution >= 0.6 is 0 Å². The molecule has 202 valence electrons. The Balaban J connectivity index is 1.60. The van der Waals surface area contributed by atoms with Crippen molar-refractivity contribution in [1.82, 2.24) is 4.90 Å². The Labute approximate surface area is 222 Å². The number of aliphatic hydroxyl groups is 2. The number of nitrogens with zero attached hydrogens (tertiary/aromatic N) is 1. The molecular formula is C30H35NO7. The summed E-state index contributed by atoms with van der Waals surface area (Å²) in [6.45, 7) is 2.21. The highest BCUT2D eigenvalue weighted by Gasteiger charge is 2.44. The van der Waals surface area contributed by atoms with E-state index in [-0.39, 0.29) is 19.0 Å². The summed E-state index contributed by atoms with van der Waals surface area (Å²) in [5, 5.41) is 20.3. The van der Waals surface area contributed by atoms with Gasteiger partial charge in [-0.2, -0.15) is 0 Å². The number of amides is 2.